The molecule has 0 unspecified atom stereocenters. The van der Waals surface area contributed by atoms with Gasteiger partial charge in [0.1, 0.15) is 17.4 Å². The van der Waals surface area contributed by atoms with Crippen LogP contribution in [-0.2, 0) is 0 Å². The fourth-order valence-corrected chi connectivity index (χ4v) is 3.65. The molecule has 1 aromatic heterocycles. The van der Waals surface area contributed by atoms with Crippen molar-refractivity contribution in [2.24, 2.45) is 0 Å². The van der Waals surface area contributed by atoms with Crippen molar-refractivity contribution in [1.82, 2.24) is 9.97 Å². The van der Waals surface area contributed by atoms with Gasteiger partial charge in [-0.2, -0.15) is 9.97 Å². The summed E-state index contributed by atoms with van der Waals surface area (Å²) in [5.74, 6) is 3.13. The van der Waals surface area contributed by atoms with Gasteiger partial charge in [-0.15, -0.1) is 0 Å². The van der Waals surface area contributed by atoms with Crippen LogP contribution in [0.1, 0.15) is 0 Å². The summed E-state index contributed by atoms with van der Waals surface area (Å²) in [7, 11) is 5.63. The number of anilines is 5. The van der Waals surface area contributed by atoms with Crippen LogP contribution in [-0.4, -0.2) is 57.4 Å². The highest BCUT2D eigenvalue weighted by atomic mass is 35.5. The molecule has 1 saturated heterocycles. The average Bonchev–Trinajstić information content (AvgIpc) is 2.79. The van der Waals surface area contributed by atoms with E-state index in [1.54, 1.807) is 7.11 Å². The Morgan fingerprint density at radius 2 is 1.65 bits per heavy atom. The van der Waals surface area contributed by atoms with Crippen molar-refractivity contribution < 1.29 is 4.74 Å². The Hall–Kier alpha value is -3.19. The first kappa shape index (κ1) is 21.1. The van der Waals surface area contributed by atoms with Crippen molar-refractivity contribution in [1.29, 1.82) is 0 Å². The standard InChI is InChI=1S/C23H27ClN6O/c1-28(2)22-16-21(25-18-5-4-6-20(15-18)31-3)26-23(27-22)30-13-11-29(12-14-30)19-9-7-17(24)8-10-19/h4-10,15-16H,11-14H2,1-3H3,(H,25,26,27). The van der Waals surface area contributed by atoms with E-state index in [1.807, 2.05) is 61.5 Å². The molecule has 2 heterocycles. The normalized spacial score (nSPS) is 13.8. The molecule has 0 radical (unpaired) electrons. The molecular formula is C23H27ClN6O. The van der Waals surface area contributed by atoms with Gasteiger partial charge in [-0.25, -0.2) is 0 Å². The highest BCUT2D eigenvalue weighted by Gasteiger charge is 2.21. The Morgan fingerprint density at radius 3 is 2.32 bits per heavy atom. The Morgan fingerprint density at radius 1 is 0.935 bits per heavy atom. The number of nitrogens with one attached hydrogen (secondary N) is 1. The molecule has 1 fully saturated rings. The zero-order chi connectivity index (χ0) is 21.8. The predicted octanol–water partition coefficient (Wildman–Crippen LogP) is 4.27. The number of ether oxygens (including phenoxy) is 1. The minimum Gasteiger partial charge on any atom is -0.497 e. The quantitative estimate of drug-likeness (QED) is 0.616. The maximum Gasteiger partial charge on any atom is 0.229 e. The zero-order valence-electron chi connectivity index (χ0n) is 18.0. The molecule has 1 aliphatic heterocycles. The molecule has 2 aromatic carbocycles. The molecule has 4 rings (SSSR count). The topological polar surface area (TPSA) is 56.8 Å². The smallest absolute Gasteiger partial charge is 0.229 e. The lowest BCUT2D eigenvalue weighted by Gasteiger charge is -2.36. The van der Waals surface area contributed by atoms with Crippen LogP contribution in [0.15, 0.2) is 54.6 Å². The van der Waals surface area contributed by atoms with E-state index in [0.29, 0.717) is 0 Å². The minimum absolute atomic E-state index is 0.729. The molecule has 0 spiro atoms. The third-order valence-electron chi connectivity index (χ3n) is 5.26. The lowest BCUT2D eigenvalue weighted by Crippen LogP contribution is -2.47. The van der Waals surface area contributed by atoms with Gasteiger partial charge in [-0.05, 0) is 36.4 Å². The summed E-state index contributed by atoms with van der Waals surface area (Å²) in [5.41, 5.74) is 2.11. The van der Waals surface area contributed by atoms with Crippen LogP contribution in [0.4, 0.5) is 29.0 Å². The van der Waals surface area contributed by atoms with E-state index in [2.05, 4.69) is 27.2 Å². The fraction of sp³-hybridized carbons (Fsp3) is 0.304. The van der Waals surface area contributed by atoms with Crippen LogP contribution in [0.5, 0.6) is 5.75 Å². The Balaban J connectivity index is 1.52. The van der Waals surface area contributed by atoms with Crippen LogP contribution in [0.25, 0.3) is 0 Å². The number of aromatic nitrogens is 2. The van der Waals surface area contributed by atoms with Crippen molar-refractivity contribution in [3.63, 3.8) is 0 Å². The number of hydrogen-bond acceptors (Lipinski definition) is 7. The Bertz CT molecular complexity index is 1020. The molecule has 0 amide bonds. The van der Waals surface area contributed by atoms with E-state index >= 15 is 0 Å². The van der Waals surface area contributed by atoms with Crippen molar-refractivity contribution >= 4 is 40.6 Å². The molecular weight excluding hydrogens is 412 g/mol. The molecule has 0 saturated carbocycles. The second-order valence-corrected chi connectivity index (χ2v) is 8.05. The van der Waals surface area contributed by atoms with Crippen molar-refractivity contribution in [2.75, 3.05) is 67.4 Å². The van der Waals surface area contributed by atoms with Crippen LogP contribution in [0.3, 0.4) is 0 Å². The van der Waals surface area contributed by atoms with Gasteiger partial charge in [-0.3, -0.25) is 0 Å². The lowest BCUT2D eigenvalue weighted by molar-refractivity contribution is 0.415. The third kappa shape index (κ3) is 5.11. The molecule has 0 atom stereocenters. The van der Waals surface area contributed by atoms with E-state index in [9.17, 15) is 0 Å². The fourth-order valence-electron chi connectivity index (χ4n) is 3.52. The Labute approximate surface area is 188 Å². The van der Waals surface area contributed by atoms with Crippen LogP contribution >= 0.6 is 11.6 Å². The van der Waals surface area contributed by atoms with E-state index < -0.39 is 0 Å². The first-order chi connectivity index (χ1) is 15.0. The average molecular weight is 439 g/mol. The van der Waals surface area contributed by atoms with Gasteiger partial charge in [0.25, 0.3) is 0 Å². The van der Waals surface area contributed by atoms with E-state index in [1.165, 1.54) is 5.69 Å². The number of nitrogens with zero attached hydrogens (tertiary/aromatic N) is 5. The summed E-state index contributed by atoms with van der Waals surface area (Å²) in [6, 6.07) is 17.8. The lowest BCUT2D eigenvalue weighted by atomic mass is 10.2. The molecule has 1 aliphatic rings. The van der Waals surface area contributed by atoms with Crippen LogP contribution in [0.2, 0.25) is 5.02 Å². The van der Waals surface area contributed by atoms with Crippen LogP contribution in [0, 0.1) is 0 Å². The minimum atomic E-state index is 0.729. The van der Waals surface area contributed by atoms with Gasteiger partial charge >= 0.3 is 0 Å². The number of methoxy groups -OCH3 is 1. The number of piperazine rings is 1. The summed E-state index contributed by atoms with van der Waals surface area (Å²) in [6.07, 6.45) is 0. The summed E-state index contributed by atoms with van der Waals surface area (Å²) in [4.78, 5) is 16.2. The number of benzene rings is 2. The zero-order valence-corrected chi connectivity index (χ0v) is 18.8. The predicted molar refractivity (Wildman–Crippen MR) is 129 cm³/mol. The summed E-state index contributed by atoms with van der Waals surface area (Å²) >= 11 is 6.02. The maximum atomic E-state index is 6.02. The second-order valence-electron chi connectivity index (χ2n) is 7.61. The molecule has 1 N–H and O–H groups in total. The molecule has 0 aliphatic carbocycles. The van der Waals surface area contributed by atoms with Gasteiger partial charge in [-0.1, -0.05) is 17.7 Å². The summed E-state index contributed by atoms with van der Waals surface area (Å²) in [6.45, 7) is 3.49. The summed E-state index contributed by atoms with van der Waals surface area (Å²) in [5, 5.41) is 4.14. The molecule has 8 heteroatoms. The van der Waals surface area contributed by atoms with Gasteiger partial charge in [0.05, 0.1) is 7.11 Å². The Kier molecular flexibility index (Phi) is 6.32. The molecule has 31 heavy (non-hydrogen) atoms. The van der Waals surface area contributed by atoms with E-state index in [0.717, 1.165) is 60.2 Å². The third-order valence-corrected chi connectivity index (χ3v) is 5.51. The highest BCUT2D eigenvalue weighted by Crippen LogP contribution is 2.26. The van der Waals surface area contributed by atoms with Gasteiger partial charge in [0, 0.05) is 68.8 Å². The number of rotatable bonds is 6. The monoisotopic (exact) mass is 438 g/mol. The molecule has 7 nitrogen and oxygen atoms in total. The second kappa shape index (κ2) is 9.31. The van der Waals surface area contributed by atoms with Gasteiger partial charge in [0.2, 0.25) is 5.95 Å². The van der Waals surface area contributed by atoms with Crippen molar-refractivity contribution in [3.8, 4) is 5.75 Å². The van der Waals surface area contributed by atoms with Crippen LogP contribution < -0.4 is 24.8 Å². The molecule has 0 bridgehead atoms. The molecule has 162 valence electrons. The van der Waals surface area contributed by atoms with E-state index in [-0.39, 0.29) is 0 Å². The first-order valence-corrected chi connectivity index (χ1v) is 10.6. The van der Waals surface area contributed by atoms with Gasteiger partial charge < -0.3 is 24.8 Å². The first-order valence-electron chi connectivity index (χ1n) is 10.2. The number of hydrogen-bond donors (Lipinski definition) is 1. The molecule has 3 aromatic rings. The van der Waals surface area contributed by atoms with Gasteiger partial charge in [0.15, 0.2) is 0 Å². The van der Waals surface area contributed by atoms with Crippen molar-refractivity contribution in [2.45, 2.75) is 0 Å². The van der Waals surface area contributed by atoms with Crippen molar-refractivity contribution in [3.05, 3.63) is 59.6 Å². The number of halogens is 1. The highest BCUT2D eigenvalue weighted by molar-refractivity contribution is 6.30. The maximum absolute atomic E-state index is 6.02. The largest absolute Gasteiger partial charge is 0.497 e. The summed E-state index contributed by atoms with van der Waals surface area (Å²) < 4.78 is 5.33. The van der Waals surface area contributed by atoms with E-state index in [4.69, 9.17) is 26.3 Å². The SMILES string of the molecule is COc1cccc(Nc2cc(N(C)C)nc(N3CCN(c4ccc(Cl)cc4)CC3)n2)c1.